The van der Waals surface area contributed by atoms with Crippen LogP contribution in [0, 0.1) is 5.92 Å². The van der Waals surface area contributed by atoms with Crippen LogP contribution in [0.5, 0.6) is 0 Å². The smallest absolute Gasteiger partial charge is 0.233 e. The highest BCUT2D eigenvalue weighted by Gasteiger charge is 2.25. The lowest BCUT2D eigenvalue weighted by molar-refractivity contribution is -0.122. The summed E-state index contributed by atoms with van der Waals surface area (Å²) in [6, 6.07) is 10.8. The predicted molar refractivity (Wildman–Crippen MR) is 111 cm³/mol. The van der Waals surface area contributed by atoms with Crippen molar-refractivity contribution in [1.29, 1.82) is 0 Å². The van der Waals surface area contributed by atoms with Crippen LogP contribution in [-0.2, 0) is 16.1 Å². The Kier molecular flexibility index (Phi) is 7.86. The van der Waals surface area contributed by atoms with Gasteiger partial charge in [-0.2, -0.15) is 0 Å². The average molecular weight is 387 g/mol. The number of amides is 2. The number of nitrogens with one attached hydrogen (secondary N) is 2. The zero-order valence-corrected chi connectivity index (χ0v) is 17.0. The van der Waals surface area contributed by atoms with Crippen molar-refractivity contribution in [1.82, 2.24) is 20.4 Å². The molecule has 2 fully saturated rings. The lowest BCUT2D eigenvalue weighted by atomic mass is 9.92. The minimum atomic E-state index is 0.0794. The Hall–Kier alpha value is -1.92. The first-order chi connectivity index (χ1) is 13.6. The van der Waals surface area contributed by atoms with Gasteiger partial charge in [0.1, 0.15) is 0 Å². The van der Waals surface area contributed by atoms with Crippen LogP contribution in [0.2, 0.25) is 0 Å². The third-order valence-electron chi connectivity index (χ3n) is 6.02. The Labute approximate surface area is 168 Å². The number of hydrogen-bond acceptors (Lipinski definition) is 4. The normalized spacial score (nSPS) is 21.5. The molecule has 2 aliphatic heterocycles. The molecule has 3 rings (SSSR count). The Morgan fingerprint density at radius 3 is 2.43 bits per heavy atom. The largest absolute Gasteiger partial charge is 0.358 e. The van der Waals surface area contributed by atoms with Crippen LogP contribution in [0.1, 0.15) is 37.7 Å². The van der Waals surface area contributed by atoms with Crippen LogP contribution < -0.4 is 10.6 Å². The molecule has 154 valence electrons. The molecule has 2 saturated heterocycles. The van der Waals surface area contributed by atoms with E-state index in [0.717, 1.165) is 58.4 Å². The number of rotatable bonds is 8. The van der Waals surface area contributed by atoms with Crippen molar-refractivity contribution in [3.05, 3.63) is 35.9 Å². The van der Waals surface area contributed by atoms with E-state index < -0.39 is 0 Å². The fraction of sp³-hybridized carbons (Fsp3) is 0.636. The van der Waals surface area contributed by atoms with Crippen molar-refractivity contribution in [2.45, 2.75) is 44.7 Å². The van der Waals surface area contributed by atoms with E-state index in [4.69, 9.17) is 0 Å². The highest BCUT2D eigenvalue weighted by Crippen LogP contribution is 2.22. The summed E-state index contributed by atoms with van der Waals surface area (Å²) in [7, 11) is 1.68. The minimum Gasteiger partial charge on any atom is -0.358 e. The summed E-state index contributed by atoms with van der Waals surface area (Å²) in [5.41, 5.74) is 1.33. The molecule has 0 spiro atoms. The highest BCUT2D eigenvalue weighted by atomic mass is 16.2. The summed E-state index contributed by atoms with van der Waals surface area (Å²) >= 11 is 0. The number of likely N-dealkylation sites (tertiary alicyclic amines) is 2. The number of nitrogens with zero attached hydrogens (tertiary/aromatic N) is 2. The van der Waals surface area contributed by atoms with Gasteiger partial charge >= 0.3 is 0 Å². The molecule has 0 saturated carbocycles. The van der Waals surface area contributed by atoms with Gasteiger partial charge in [-0.1, -0.05) is 30.3 Å². The first-order valence-electron chi connectivity index (χ1n) is 10.6. The highest BCUT2D eigenvalue weighted by molar-refractivity contribution is 5.77. The van der Waals surface area contributed by atoms with Crippen molar-refractivity contribution in [2.75, 3.05) is 39.8 Å². The molecule has 0 bridgehead atoms. The molecule has 0 unspecified atom stereocenters. The van der Waals surface area contributed by atoms with Gasteiger partial charge in [0.15, 0.2) is 0 Å². The van der Waals surface area contributed by atoms with Crippen LogP contribution in [-0.4, -0.2) is 67.4 Å². The first kappa shape index (κ1) is 20.8. The van der Waals surface area contributed by atoms with Gasteiger partial charge in [-0.05, 0) is 50.3 Å². The second-order valence-electron chi connectivity index (χ2n) is 8.21. The Bertz CT molecular complexity index is 629. The molecular formula is C22H34N4O2. The second-order valence-corrected chi connectivity index (χ2v) is 8.21. The summed E-state index contributed by atoms with van der Waals surface area (Å²) in [5.74, 6) is 0.875. The van der Waals surface area contributed by atoms with Crippen LogP contribution in [0.25, 0.3) is 0 Å². The van der Waals surface area contributed by atoms with Gasteiger partial charge in [0.25, 0.3) is 0 Å². The quantitative estimate of drug-likeness (QED) is 0.713. The Morgan fingerprint density at radius 1 is 1.00 bits per heavy atom. The summed E-state index contributed by atoms with van der Waals surface area (Å²) in [6.07, 6.45) is 4.78. The molecule has 6 nitrogen and oxygen atoms in total. The molecule has 2 aliphatic rings. The molecule has 2 amide bonds. The van der Waals surface area contributed by atoms with Crippen LogP contribution in [0.4, 0.5) is 0 Å². The molecule has 0 aromatic heterocycles. The van der Waals surface area contributed by atoms with Crippen molar-refractivity contribution < 1.29 is 9.59 Å². The Morgan fingerprint density at radius 2 is 1.71 bits per heavy atom. The summed E-state index contributed by atoms with van der Waals surface area (Å²) < 4.78 is 0. The number of likely N-dealkylation sites (N-methyl/N-ethyl adjacent to an activating group) is 1. The Balaban J connectivity index is 1.29. The number of carbonyl (C=O) groups is 2. The molecule has 1 aromatic rings. The van der Waals surface area contributed by atoms with Crippen LogP contribution >= 0.6 is 0 Å². The van der Waals surface area contributed by atoms with Crippen molar-refractivity contribution in [2.24, 2.45) is 5.92 Å². The molecule has 28 heavy (non-hydrogen) atoms. The van der Waals surface area contributed by atoms with Gasteiger partial charge in [-0.15, -0.1) is 0 Å². The molecule has 1 aromatic carbocycles. The van der Waals surface area contributed by atoms with Gasteiger partial charge < -0.3 is 10.6 Å². The maximum atomic E-state index is 12.4. The minimum absolute atomic E-state index is 0.0794. The third kappa shape index (κ3) is 6.60. The van der Waals surface area contributed by atoms with Crippen LogP contribution in [0.3, 0.4) is 0 Å². The zero-order valence-electron chi connectivity index (χ0n) is 17.0. The van der Waals surface area contributed by atoms with Gasteiger partial charge in [-0.3, -0.25) is 19.4 Å². The van der Waals surface area contributed by atoms with Crippen molar-refractivity contribution in [3.8, 4) is 0 Å². The van der Waals surface area contributed by atoms with E-state index in [-0.39, 0.29) is 17.9 Å². The fourth-order valence-electron chi connectivity index (χ4n) is 4.29. The zero-order chi connectivity index (χ0) is 19.8. The maximum absolute atomic E-state index is 12.4. The van der Waals surface area contributed by atoms with E-state index in [0.29, 0.717) is 18.9 Å². The van der Waals surface area contributed by atoms with Gasteiger partial charge in [0, 0.05) is 39.1 Å². The lowest BCUT2D eigenvalue weighted by Crippen LogP contribution is -2.41. The maximum Gasteiger partial charge on any atom is 0.233 e. The molecule has 2 heterocycles. The summed E-state index contributed by atoms with van der Waals surface area (Å²) in [4.78, 5) is 28.4. The standard InChI is InChI=1S/C22H34N4O2/c1-23-22(28)17-25-12-9-18(10-13-25)7-8-21(27)24-20-11-14-26(16-20)15-19-5-3-2-4-6-19/h2-6,18,20H,7-17H2,1H3,(H,23,28)(H,24,27)/t20-/m0/s1. The first-order valence-corrected chi connectivity index (χ1v) is 10.6. The van der Waals surface area contributed by atoms with Gasteiger partial charge in [0.2, 0.25) is 11.8 Å². The van der Waals surface area contributed by atoms with Gasteiger partial charge in [0.05, 0.1) is 6.54 Å². The van der Waals surface area contributed by atoms with E-state index in [1.165, 1.54) is 5.56 Å². The third-order valence-corrected chi connectivity index (χ3v) is 6.02. The molecular weight excluding hydrogens is 352 g/mol. The lowest BCUT2D eigenvalue weighted by Gasteiger charge is -2.31. The number of benzene rings is 1. The molecule has 1 atom stereocenters. The molecule has 6 heteroatoms. The van der Waals surface area contributed by atoms with E-state index in [9.17, 15) is 9.59 Å². The predicted octanol–water partition coefficient (Wildman–Crippen LogP) is 1.62. The molecule has 2 N–H and O–H groups in total. The van der Waals surface area contributed by atoms with E-state index in [1.807, 2.05) is 6.07 Å². The van der Waals surface area contributed by atoms with E-state index in [1.54, 1.807) is 7.05 Å². The number of piperidine rings is 1. The summed E-state index contributed by atoms with van der Waals surface area (Å²) in [5, 5.41) is 5.91. The number of carbonyl (C=O) groups excluding carboxylic acids is 2. The van der Waals surface area contributed by atoms with E-state index in [2.05, 4.69) is 44.7 Å². The number of hydrogen-bond donors (Lipinski definition) is 2. The SMILES string of the molecule is CNC(=O)CN1CCC(CCC(=O)N[C@H]2CCN(Cc3ccccc3)C2)CC1. The molecule has 0 radical (unpaired) electrons. The monoisotopic (exact) mass is 386 g/mol. The summed E-state index contributed by atoms with van der Waals surface area (Å²) in [6.45, 7) is 5.35. The second kappa shape index (κ2) is 10.6. The van der Waals surface area contributed by atoms with Crippen LogP contribution in [0.15, 0.2) is 30.3 Å². The van der Waals surface area contributed by atoms with Gasteiger partial charge in [-0.25, -0.2) is 0 Å². The van der Waals surface area contributed by atoms with Crippen molar-refractivity contribution in [3.63, 3.8) is 0 Å². The average Bonchev–Trinajstić information content (AvgIpc) is 3.14. The van der Waals surface area contributed by atoms with Crippen molar-refractivity contribution >= 4 is 11.8 Å². The molecule has 0 aliphatic carbocycles. The van der Waals surface area contributed by atoms with E-state index >= 15 is 0 Å². The fourth-order valence-corrected chi connectivity index (χ4v) is 4.29. The topological polar surface area (TPSA) is 64.7 Å².